The maximum absolute atomic E-state index is 10.5. The smallest absolute Gasteiger partial charge is 0.288 e. The zero-order valence-corrected chi connectivity index (χ0v) is 11.2. The van der Waals surface area contributed by atoms with Crippen LogP contribution in [-0.2, 0) is 0 Å². The molecule has 0 amide bonds. The lowest BCUT2D eigenvalue weighted by atomic mass is 10.4. The molecule has 0 aliphatic rings. The van der Waals surface area contributed by atoms with E-state index in [2.05, 4.69) is 38.5 Å². The van der Waals surface area contributed by atoms with E-state index in [4.69, 9.17) is 0 Å². The molecule has 0 spiro atoms. The third kappa shape index (κ3) is 4.66. The summed E-state index contributed by atoms with van der Waals surface area (Å²) >= 11 is 3.25. The highest BCUT2D eigenvalue weighted by atomic mass is 79.9. The van der Waals surface area contributed by atoms with E-state index in [-0.39, 0.29) is 5.69 Å². The quantitative estimate of drug-likeness (QED) is 0.458. The average molecular weight is 303 g/mol. The van der Waals surface area contributed by atoms with E-state index in [1.165, 1.54) is 12.3 Å². The Bertz CT molecular complexity index is 387. The number of hydrogen-bond donors (Lipinski definition) is 2. The molecule has 0 saturated carbocycles. The summed E-state index contributed by atoms with van der Waals surface area (Å²) in [4.78, 5) is 14.0. The van der Waals surface area contributed by atoms with E-state index in [0.717, 1.165) is 26.1 Å². The maximum atomic E-state index is 10.5. The lowest BCUT2D eigenvalue weighted by molar-refractivity contribution is -0.385. The van der Waals surface area contributed by atoms with Gasteiger partial charge in [-0.15, -0.1) is 0 Å². The molecule has 0 saturated heterocycles. The standard InChI is InChI=1S/C10H15BrN4O2/c1-2-3-12-4-5-13-10-9(11)6-8(7-14-10)15(16)17/h6-7,12H,2-5H2,1H3,(H,13,14). The van der Waals surface area contributed by atoms with Crippen molar-refractivity contribution in [3.8, 4) is 0 Å². The molecule has 0 aromatic carbocycles. The molecule has 0 aliphatic carbocycles. The minimum absolute atomic E-state index is 0.0217. The first-order chi connectivity index (χ1) is 8.15. The summed E-state index contributed by atoms with van der Waals surface area (Å²) in [6, 6.07) is 1.44. The van der Waals surface area contributed by atoms with Gasteiger partial charge in [0.25, 0.3) is 5.69 Å². The first-order valence-corrected chi connectivity index (χ1v) is 6.19. The summed E-state index contributed by atoms with van der Waals surface area (Å²) in [5.41, 5.74) is -0.0217. The van der Waals surface area contributed by atoms with Gasteiger partial charge in [0.2, 0.25) is 0 Å². The van der Waals surface area contributed by atoms with Crippen LogP contribution in [0.15, 0.2) is 16.7 Å². The topological polar surface area (TPSA) is 80.1 Å². The van der Waals surface area contributed by atoms with Crippen LogP contribution in [0, 0.1) is 10.1 Å². The Morgan fingerprint density at radius 3 is 2.82 bits per heavy atom. The van der Waals surface area contributed by atoms with Gasteiger partial charge in [0, 0.05) is 19.2 Å². The zero-order valence-electron chi connectivity index (χ0n) is 9.57. The first kappa shape index (κ1) is 13.9. The second-order valence-electron chi connectivity index (χ2n) is 3.46. The van der Waals surface area contributed by atoms with Crippen molar-refractivity contribution >= 4 is 27.4 Å². The molecule has 1 aromatic rings. The molecule has 0 unspecified atom stereocenters. The molecule has 1 aromatic heterocycles. The number of pyridine rings is 1. The van der Waals surface area contributed by atoms with Gasteiger partial charge in [-0.2, -0.15) is 0 Å². The number of halogens is 1. The van der Waals surface area contributed by atoms with Crippen LogP contribution in [0.25, 0.3) is 0 Å². The van der Waals surface area contributed by atoms with Crippen LogP contribution >= 0.6 is 15.9 Å². The van der Waals surface area contributed by atoms with Crippen LogP contribution < -0.4 is 10.6 Å². The van der Waals surface area contributed by atoms with Gasteiger partial charge >= 0.3 is 0 Å². The van der Waals surface area contributed by atoms with Gasteiger partial charge in [0.1, 0.15) is 12.0 Å². The maximum Gasteiger partial charge on any atom is 0.288 e. The van der Waals surface area contributed by atoms with E-state index in [1.807, 2.05) is 0 Å². The Morgan fingerprint density at radius 1 is 1.47 bits per heavy atom. The highest BCUT2D eigenvalue weighted by molar-refractivity contribution is 9.10. The minimum atomic E-state index is -0.468. The lowest BCUT2D eigenvalue weighted by Crippen LogP contribution is -2.23. The van der Waals surface area contributed by atoms with Crippen molar-refractivity contribution in [2.45, 2.75) is 13.3 Å². The number of anilines is 1. The molecule has 6 nitrogen and oxygen atoms in total. The fraction of sp³-hybridized carbons (Fsp3) is 0.500. The summed E-state index contributed by atoms with van der Waals surface area (Å²) in [7, 11) is 0. The first-order valence-electron chi connectivity index (χ1n) is 5.39. The third-order valence-corrected chi connectivity index (χ3v) is 2.66. The minimum Gasteiger partial charge on any atom is -0.368 e. The molecule has 0 radical (unpaired) electrons. The second kappa shape index (κ2) is 7.18. The van der Waals surface area contributed by atoms with Crippen molar-refractivity contribution in [1.82, 2.24) is 10.3 Å². The molecule has 17 heavy (non-hydrogen) atoms. The van der Waals surface area contributed by atoms with E-state index in [0.29, 0.717) is 10.3 Å². The van der Waals surface area contributed by atoms with E-state index in [1.54, 1.807) is 0 Å². The number of rotatable bonds is 7. The van der Waals surface area contributed by atoms with Crippen molar-refractivity contribution in [1.29, 1.82) is 0 Å². The van der Waals surface area contributed by atoms with Crippen molar-refractivity contribution in [3.63, 3.8) is 0 Å². The number of nitrogens with zero attached hydrogens (tertiary/aromatic N) is 2. The average Bonchev–Trinajstić information content (AvgIpc) is 2.30. The monoisotopic (exact) mass is 302 g/mol. The van der Waals surface area contributed by atoms with Crippen LogP contribution in [0.4, 0.5) is 11.5 Å². The summed E-state index contributed by atoms with van der Waals surface area (Å²) in [6.07, 6.45) is 2.34. The molecule has 0 atom stereocenters. The number of nitro groups is 1. The zero-order chi connectivity index (χ0) is 12.7. The van der Waals surface area contributed by atoms with E-state index >= 15 is 0 Å². The van der Waals surface area contributed by atoms with Crippen LogP contribution in [0.3, 0.4) is 0 Å². The van der Waals surface area contributed by atoms with Crippen molar-refractivity contribution in [2.24, 2.45) is 0 Å². The molecular weight excluding hydrogens is 288 g/mol. The van der Waals surface area contributed by atoms with E-state index in [9.17, 15) is 10.1 Å². The van der Waals surface area contributed by atoms with Gasteiger partial charge in [-0.05, 0) is 28.9 Å². The summed E-state index contributed by atoms with van der Waals surface area (Å²) in [5.74, 6) is 0.619. The molecule has 94 valence electrons. The second-order valence-corrected chi connectivity index (χ2v) is 4.31. The normalized spacial score (nSPS) is 10.2. The van der Waals surface area contributed by atoms with Gasteiger partial charge in [-0.3, -0.25) is 10.1 Å². The fourth-order valence-corrected chi connectivity index (χ4v) is 1.71. The summed E-state index contributed by atoms with van der Waals surface area (Å²) < 4.78 is 0.599. The van der Waals surface area contributed by atoms with Crippen molar-refractivity contribution < 1.29 is 4.92 Å². The molecule has 0 aliphatic heterocycles. The Labute approximate surface area is 108 Å². The molecule has 7 heteroatoms. The summed E-state index contributed by atoms with van der Waals surface area (Å²) in [6.45, 7) is 4.65. The molecule has 1 rings (SSSR count). The largest absolute Gasteiger partial charge is 0.368 e. The number of aromatic nitrogens is 1. The molecule has 0 fully saturated rings. The van der Waals surface area contributed by atoms with Gasteiger partial charge in [-0.25, -0.2) is 4.98 Å². The van der Waals surface area contributed by atoms with Crippen LogP contribution in [-0.4, -0.2) is 29.5 Å². The molecule has 1 heterocycles. The third-order valence-electron chi connectivity index (χ3n) is 2.06. The van der Waals surface area contributed by atoms with E-state index < -0.39 is 4.92 Å². The van der Waals surface area contributed by atoms with Crippen LogP contribution in [0.2, 0.25) is 0 Å². The summed E-state index contributed by atoms with van der Waals surface area (Å²) in [5, 5.41) is 16.8. The predicted molar refractivity (Wildman–Crippen MR) is 70.2 cm³/mol. The lowest BCUT2D eigenvalue weighted by Gasteiger charge is -2.07. The molecule has 0 bridgehead atoms. The highest BCUT2D eigenvalue weighted by Gasteiger charge is 2.09. The fourth-order valence-electron chi connectivity index (χ4n) is 1.23. The molecular formula is C10H15BrN4O2. The Kier molecular flexibility index (Phi) is 5.85. The Morgan fingerprint density at radius 2 is 2.24 bits per heavy atom. The van der Waals surface area contributed by atoms with Crippen molar-refractivity contribution in [2.75, 3.05) is 25.0 Å². The SMILES string of the molecule is CCCNCCNc1ncc([N+](=O)[O-])cc1Br. The predicted octanol–water partition coefficient (Wildman–Crippen LogP) is 2.16. The number of nitrogens with one attached hydrogen (secondary N) is 2. The van der Waals surface area contributed by atoms with Gasteiger partial charge < -0.3 is 10.6 Å². The highest BCUT2D eigenvalue weighted by Crippen LogP contribution is 2.23. The van der Waals surface area contributed by atoms with Crippen LogP contribution in [0.1, 0.15) is 13.3 Å². The van der Waals surface area contributed by atoms with Crippen molar-refractivity contribution in [3.05, 3.63) is 26.9 Å². The van der Waals surface area contributed by atoms with Gasteiger partial charge in [-0.1, -0.05) is 6.92 Å². The van der Waals surface area contributed by atoms with Crippen LogP contribution in [0.5, 0.6) is 0 Å². The van der Waals surface area contributed by atoms with Gasteiger partial charge in [0.05, 0.1) is 9.40 Å². The Hall–Kier alpha value is -1.21. The number of hydrogen-bond acceptors (Lipinski definition) is 5. The molecule has 2 N–H and O–H groups in total. The Balaban J connectivity index is 2.46. The van der Waals surface area contributed by atoms with Gasteiger partial charge in [0.15, 0.2) is 0 Å².